The highest BCUT2D eigenvalue weighted by molar-refractivity contribution is 5.74. The Morgan fingerprint density at radius 2 is 0.890 bits per heavy atom. The number of carbonyl (C=O) groups is 4. The molecule has 1 aliphatic rings. The Kier molecular flexibility index (Phi) is 45.1. The van der Waals surface area contributed by atoms with Gasteiger partial charge >= 0.3 is 23.9 Å². The molecule has 1 fully saturated rings. The van der Waals surface area contributed by atoms with Gasteiger partial charge in [-0.2, -0.15) is 0 Å². The quantitative estimate of drug-likeness (QED) is 0.0228. The molecule has 418 valence electrons. The summed E-state index contributed by atoms with van der Waals surface area (Å²) in [5, 5.41) is 31.4. The summed E-state index contributed by atoms with van der Waals surface area (Å²) in [6, 6.07) is 0. The van der Waals surface area contributed by atoms with Crippen molar-refractivity contribution >= 4 is 23.9 Å². The predicted octanol–water partition coefficient (Wildman–Crippen LogP) is 14.6. The maximum Gasteiger partial charge on any atom is 0.335 e. The van der Waals surface area contributed by atoms with Gasteiger partial charge in [-0.15, -0.1) is 0 Å². The van der Waals surface area contributed by atoms with E-state index in [1.54, 1.807) is 0 Å². The lowest BCUT2D eigenvalue weighted by atomic mass is 9.98. The van der Waals surface area contributed by atoms with Crippen LogP contribution < -0.4 is 0 Å². The van der Waals surface area contributed by atoms with Crippen LogP contribution in [0.4, 0.5) is 0 Å². The van der Waals surface area contributed by atoms with Crippen LogP contribution in [0, 0.1) is 0 Å². The second-order valence-electron chi connectivity index (χ2n) is 19.5. The molecule has 6 atom stereocenters. The van der Waals surface area contributed by atoms with E-state index in [-0.39, 0.29) is 25.9 Å². The van der Waals surface area contributed by atoms with Crippen LogP contribution in [0.15, 0.2) is 72.9 Å². The zero-order chi connectivity index (χ0) is 53.3. The number of carbonyl (C=O) groups excluding carboxylic acids is 3. The third-order valence-electron chi connectivity index (χ3n) is 12.7. The largest absolute Gasteiger partial charge is 0.479 e. The molecule has 1 heterocycles. The van der Waals surface area contributed by atoms with Crippen molar-refractivity contribution in [3.05, 3.63) is 72.9 Å². The van der Waals surface area contributed by atoms with Crippen LogP contribution in [0.2, 0.25) is 0 Å². The molecule has 0 saturated carbocycles. The number of unbranched alkanes of at least 4 members (excludes halogenated alkanes) is 22. The minimum absolute atomic E-state index is 0.0572. The van der Waals surface area contributed by atoms with Gasteiger partial charge in [-0.3, -0.25) is 14.4 Å². The lowest BCUT2D eigenvalue weighted by Crippen LogP contribution is -2.61. The van der Waals surface area contributed by atoms with E-state index in [1.807, 2.05) is 0 Å². The summed E-state index contributed by atoms with van der Waals surface area (Å²) in [6.07, 6.45) is 48.7. The number of aliphatic carboxylic acids is 1. The van der Waals surface area contributed by atoms with Gasteiger partial charge in [0.15, 0.2) is 24.6 Å². The van der Waals surface area contributed by atoms with Gasteiger partial charge in [-0.1, -0.05) is 209 Å². The summed E-state index contributed by atoms with van der Waals surface area (Å²) < 4.78 is 28.4. The standard InChI is InChI=1S/C61H102O12/c1-4-7-10-13-16-19-22-25-26-27-28-31-32-35-38-41-44-47-53(62)69-50-52(71-54(63)48-45-42-39-36-33-29-23-20-17-14-11-8-5-2)51-70-61-59(57(66)56(65)58(73-61)60(67)68)72-55(64)49-46-43-40-37-34-30-24-21-18-15-12-9-6-3/h7,10-11,14,16,19-20,23,25-26,28,31,52,56-59,61,65-66H,4-6,8-9,12-13,15,17-18,21-22,24,27,29-30,32-51H2,1-3H3,(H,67,68)/b10-7-,14-11-,19-16-,23-20-,26-25-,31-28-. The van der Waals surface area contributed by atoms with Crippen molar-refractivity contribution in [3.63, 3.8) is 0 Å². The summed E-state index contributed by atoms with van der Waals surface area (Å²) in [5.74, 6) is -3.17. The number of hydrogen-bond acceptors (Lipinski definition) is 11. The van der Waals surface area contributed by atoms with E-state index in [1.165, 1.54) is 51.4 Å². The van der Waals surface area contributed by atoms with Crippen molar-refractivity contribution in [1.29, 1.82) is 0 Å². The first-order valence-electron chi connectivity index (χ1n) is 28.9. The van der Waals surface area contributed by atoms with Crippen LogP contribution >= 0.6 is 0 Å². The number of aliphatic hydroxyl groups excluding tert-OH is 2. The van der Waals surface area contributed by atoms with Gasteiger partial charge < -0.3 is 39.0 Å². The number of allylic oxidation sites excluding steroid dienone is 12. The molecule has 0 radical (unpaired) electrons. The van der Waals surface area contributed by atoms with Gasteiger partial charge in [-0.25, -0.2) is 4.79 Å². The van der Waals surface area contributed by atoms with Crippen LogP contribution in [-0.4, -0.2) is 89.2 Å². The molecule has 1 saturated heterocycles. The number of ether oxygens (including phenoxy) is 5. The molecule has 73 heavy (non-hydrogen) atoms. The van der Waals surface area contributed by atoms with E-state index in [2.05, 4.69) is 93.7 Å². The van der Waals surface area contributed by atoms with Crippen LogP contribution in [-0.2, 0) is 42.9 Å². The molecular weight excluding hydrogens is 925 g/mol. The second-order valence-corrected chi connectivity index (χ2v) is 19.5. The third kappa shape index (κ3) is 39.3. The molecular formula is C61H102O12. The summed E-state index contributed by atoms with van der Waals surface area (Å²) in [7, 11) is 0. The molecule has 0 bridgehead atoms. The zero-order valence-electron chi connectivity index (χ0n) is 45.9. The molecule has 12 nitrogen and oxygen atoms in total. The monoisotopic (exact) mass is 1030 g/mol. The fourth-order valence-electron chi connectivity index (χ4n) is 8.34. The van der Waals surface area contributed by atoms with E-state index in [0.29, 0.717) is 19.3 Å². The molecule has 1 aliphatic heterocycles. The number of esters is 3. The molecule has 12 heteroatoms. The highest BCUT2D eigenvalue weighted by atomic mass is 16.7. The van der Waals surface area contributed by atoms with E-state index in [4.69, 9.17) is 23.7 Å². The number of rotatable bonds is 48. The summed E-state index contributed by atoms with van der Waals surface area (Å²) in [6.45, 7) is 5.77. The first kappa shape index (κ1) is 67.2. The van der Waals surface area contributed by atoms with Gasteiger partial charge in [0.2, 0.25) is 0 Å². The summed E-state index contributed by atoms with van der Waals surface area (Å²) >= 11 is 0. The van der Waals surface area contributed by atoms with Crippen LogP contribution in [0.3, 0.4) is 0 Å². The molecule has 1 rings (SSSR count). The Morgan fingerprint density at radius 3 is 1.37 bits per heavy atom. The van der Waals surface area contributed by atoms with Crippen molar-refractivity contribution in [2.45, 2.75) is 276 Å². The normalized spacial score (nSPS) is 18.8. The summed E-state index contributed by atoms with van der Waals surface area (Å²) in [4.78, 5) is 51.0. The summed E-state index contributed by atoms with van der Waals surface area (Å²) in [5.41, 5.74) is 0. The third-order valence-corrected chi connectivity index (χ3v) is 12.7. The molecule has 0 aliphatic carbocycles. The minimum atomic E-state index is -1.91. The molecule has 0 aromatic rings. The average molecular weight is 1030 g/mol. The van der Waals surface area contributed by atoms with Gasteiger partial charge in [0, 0.05) is 19.3 Å². The van der Waals surface area contributed by atoms with E-state index in [0.717, 1.165) is 128 Å². The topological polar surface area (TPSA) is 175 Å². The van der Waals surface area contributed by atoms with Crippen molar-refractivity contribution < 1.29 is 58.2 Å². The fourth-order valence-corrected chi connectivity index (χ4v) is 8.34. The number of hydrogen-bond donors (Lipinski definition) is 3. The van der Waals surface area contributed by atoms with Gasteiger partial charge in [-0.05, 0) is 83.5 Å². The number of aliphatic hydroxyl groups is 2. The van der Waals surface area contributed by atoms with Crippen molar-refractivity contribution in [2.75, 3.05) is 13.2 Å². The molecule has 3 N–H and O–H groups in total. The Balaban J connectivity index is 2.72. The lowest BCUT2D eigenvalue weighted by Gasteiger charge is -2.40. The highest BCUT2D eigenvalue weighted by Gasteiger charge is 2.50. The second kappa shape index (κ2) is 49.1. The highest BCUT2D eigenvalue weighted by Crippen LogP contribution is 2.26. The minimum Gasteiger partial charge on any atom is -0.479 e. The number of carboxylic acid groups (broad SMARTS) is 1. The maximum absolute atomic E-state index is 13.1. The Morgan fingerprint density at radius 1 is 0.466 bits per heavy atom. The van der Waals surface area contributed by atoms with Crippen molar-refractivity contribution in [1.82, 2.24) is 0 Å². The Labute approximate surface area is 442 Å². The molecule has 0 aromatic carbocycles. The lowest BCUT2D eigenvalue weighted by molar-refractivity contribution is -0.301. The van der Waals surface area contributed by atoms with E-state index < -0.39 is 67.3 Å². The van der Waals surface area contributed by atoms with E-state index in [9.17, 15) is 34.5 Å². The van der Waals surface area contributed by atoms with Gasteiger partial charge in [0.05, 0.1) is 6.61 Å². The molecule has 6 unspecified atom stereocenters. The molecule has 0 amide bonds. The van der Waals surface area contributed by atoms with Crippen LogP contribution in [0.25, 0.3) is 0 Å². The Bertz CT molecular complexity index is 1550. The van der Waals surface area contributed by atoms with Gasteiger partial charge in [0.1, 0.15) is 18.8 Å². The maximum atomic E-state index is 13.1. The van der Waals surface area contributed by atoms with Crippen LogP contribution in [0.5, 0.6) is 0 Å². The molecule has 0 spiro atoms. The zero-order valence-corrected chi connectivity index (χ0v) is 45.9. The predicted molar refractivity (Wildman–Crippen MR) is 294 cm³/mol. The SMILES string of the molecule is CC/C=C\C/C=C\C/C=C\C/C=C\CCCCCCC(=O)OCC(COC1OC(C(=O)O)C(O)C(O)C1OC(=O)CCCCCCCCCCCCCCC)OC(=O)CCCCCCC/C=C\C/C=C\CCC. The number of carboxylic acids is 1. The van der Waals surface area contributed by atoms with Crippen molar-refractivity contribution in [2.24, 2.45) is 0 Å². The van der Waals surface area contributed by atoms with E-state index >= 15 is 0 Å². The first-order valence-corrected chi connectivity index (χ1v) is 28.9. The fraction of sp³-hybridized carbons (Fsp3) is 0.738. The van der Waals surface area contributed by atoms with Crippen molar-refractivity contribution in [3.8, 4) is 0 Å². The van der Waals surface area contributed by atoms with Crippen LogP contribution in [0.1, 0.15) is 239 Å². The molecule has 0 aromatic heterocycles. The van der Waals surface area contributed by atoms with Gasteiger partial charge in [0.25, 0.3) is 0 Å². The first-order chi connectivity index (χ1) is 35.6. The average Bonchev–Trinajstić information content (AvgIpc) is 3.37. The Hall–Kier alpha value is -3.84. The smallest absolute Gasteiger partial charge is 0.335 e.